The molecule has 148 valence electrons. The highest BCUT2D eigenvalue weighted by Gasteiger charge is 2.51. The summed E-state index contributed by atoms with van der Waals surface area (Å²) in [6.45, 7) is 0. The Bertz CT molecular complexity index is 1080. The molecule has 4 saturated carbocycles. The Morgan fingerprint density at radius 2 is 1.66 bits per heavy atom. The standard InChI is InChI=1S/C24H24ClN3O/c25-19-6-2-1-5-18(19)22-26-21(20-7-3-4-8-28(20)22)23(29)27-24-12-15-9-16(13-24)11-17(10-15)14-24/h1-8,15-17H,9-14H2,(H,27,29). The van der Waals surface area contributed by atoms with Crippen molar-refractivity contribution in [3.63, 3.8) is 0 Å². The zero-order chi connectivity index (χ0) is 19.6. The van der Waals surface area contributed by atoms with Crippen LogP contribution >= 0.6 is 11.6 Å². The molecular formula is C24H24ClN3O. The number of hydrogen-bond acceptors (Lipinski definition) is 2. The molecule has 4 fully saturated rings. The summed E-state index contributed by atoms with van der Waals surface area (Å²) in [4.78, 5) is 18.2. The first-order valence-electron chi connectivity index (χ1n) is 10.6. The summed E-state index contributed by atoms with van der Waals surface area (Å²) < 4.78 is 1.97. The van der Waals surface area contributed by atoms with Gasteiger partial charge in [0.2, 0.25) is 0 Å². The minimum absolute atomic E-state index is 0.0267. The Morgan fingerprint density at radius 3 is 2.34 bits per heavy atom. The molecule has 29 heavy (non-hydrogen) atoms. The van der Waals surface area contributed by atoms with Crippen LogP contribution in [0.2, 0.25) is 5.02 Å². The van der Waals surface area contributed by atoms with E-state index in [2.05, 4.69) is 5.32 Å². The Hall–Kier alpha value is -2.33. The van der Waals surface area contributed by atoms with E-state index in [1.54, 1.807) is 0 Å². The van der Waals surface area contributed by atoms with Gasteiger partial charge in [0.05, 0.1) is 10.5 Å². The maximum atomic E-state index is 13.5. The number of pyridine rings is 1. The van der Waals surface area contributed by atoms with Crippen molar-refractivity contribution >= 4 is 23.0 Å². The maximum Gasteiger partial charge on any atom is 0.272 e. The number of nitrogens with zero attached hydrogens (tertiary/aromatic N) is 2. The van der Waals surface area contributed by atoms with Crippen molar-refractivity contribution < 1.29 is 4.79 Å². The van der Waals surface area contributed by atoms with Crippen LogP contribution in [0.4, 0.5) is 0 Å². The van der Waals surface area contributed by atoms with Crippen LogP contribution < -0.4 is 5.32 Å². The third kappa shape index (κ3) is 2.80. The molecule has 0 saturated heterocycles. The molecule has 0 radical (unpaired) electrons. The second-order valence-corrected chi connectivity index (χ2v) is 9.78. The number of fused-ring (bicyclic) bond motifs is 1. The molecule has 0 unspecified atom stereocenters. The van der Waals surface area contributed by atoms with E-state index in [-0.39, 0.29) is 11.4 Å². The number of nitrogens with one attached hydrogen (secondary N) is 1. The molecular weight excluding hydrogens is 382 g/mol. The van der Waals surface area contributed by atoms with Gasteiger partial charge in [0.25, 0.3) is 5.91 Å². The predicted octanol–water partition coefficient (Wildman–Crippen LogP) is 5.35. The fourth-order valence-corrected chi connectivity index (χ4v) is 6.82. The SMILES string of the molecule is O=C(NC12CC3CC(CC(C3)C1)C2)c1nc(-c2ccccc2Cl)n2ccccc12. The van der Waals surface area contributed by atoms with E-state index in [1.165, 1.54) is 19.3 Å². The number of rotatable bonds is 3. The van der Waals surface area contributed by atoms with Crippen LogP contribution in [-0.2, 0) is 0 Å². The number of aromatic nitrogens is 2. The van der Waals surface area contributed by atoms with Crippen molar-refractivity contribution in [2.24, 2.45) is 17.8 Å². The minimum Gasteiger partial charge on any atom is -0.345 e. The lowest BCUT2D eigenvalue weighted by Crippen LogP contribution is -2.59. The van der Waals surface area contributed by atoms with Crippen LogP contribution in [0.15, 0.2) is 48.7 Å². The fourth-order valence-electron chi connectivity index (χ4n) is 6.60. The number of halogens is 1. The van der Waals surface area contributed by atoms with Gasteiger partial charge in [-0.15, -0.1) is 0 Å². The number of amides is 1. The first kappa shape index (κ1) is 17.5. The van der Waals surface area contributed by atoms with Crippen molar-refractivity contribution in [2.45, 2.75) is 44.1 Å². The summed E-state index contributed by atoms with van der Waals surface area (Å²) in [5.74, 6) is 3.03. The van der Waals surface area contributed by atoms with Crippen LogP contribution in [-0.4, -0.2) is 20.8 Å². The third-order valence-electron chi connectivity index (χ3n) is 7.30. The van der Waals surface area contributed by atoms with Crippen LogP contribution in [0, 0.1) is 17.8 Å². The molecule has 1 N–H and O–H groups in total. The Morgan fingerprint density at radius 1 is 1.00 bits per heavy atom. The van der Waals surface area contributed by atoms with Crippen LogP contribution in [0.3, 0.4) is 0 Å². The maximum absolute atomic E-state index is 13.5. The molecule has 0 aliphatic heterocycles. The molecule has 4 aliphatic rings. The van der Waals surface area contributed by atoms with Gasteiger partial charge in [-0.05, 0) is 80.5 Å². The molecule has 3 aromatic rings. The van der Waals surface area contributed by atoms with Gasteiger partial charge >= 0.3 is 0 Å². The first-order valence-corrected chi connectivity index (χ1v) is 11.0. The molecule has 4 nitrogen and oxygen atoms in total. The Kier molecular flexibility index (Phi) is 3.83. The minimum atomic E-state index is -0.0473. The fraction of sp³-hybridized carbons (Fsp3) is 0.417. The van der Waals surface area contributed by atoms with Crippen LogP contribution in [0.1, 0.15) is 49.0 Å². The molecule has 1 amide bonds. The molecule has 0 atom stereocenters. The van der Waals surface area contributed by atoms with Gasteiger partial charge in [0.15, 0.2) is 5.69 Å². The summed E-state index contributed by atoms with van der Waals surface area (Å²) in [5.41, 5.74) is 2.13. The van der Waals surface area contributed by atoms with Crippen molar-refractivity contribution in [3.8, 4) is 11.4 Å². The van der Waals surface area contributed by atoms with E-state index >= 15 is 0 Å². The normalized spacial score (nSPS) is 30.0. The summed E-state index contributed by atoms with van der Waals surface area (Å²) >= 11 is 6.44. The number of carbonyl (C=O) groups is 1. The average Bonchev–Trinajstić information content (AvgIpc) is 3.07. The molecule has 7 rings (SSSR count). The quantitative estimate of drug-likeness (QED) is 0.638. The topological polar surface area (TPSA) is 46.4 Å². The van der Waals surface area contributed by atoms with Gasteiger partial charge in [-0.3, -0.25) is 9.20 Å². The highest BCUT2D eigenvalue weighted by molar-refractivity contribution is 6.33. The lowest BCUT2D eigenvalue weighted by Gasteiger charge is -2.56. The van der Waals surface area contributed by atoms with Crippen molar-refractivity contribution in [1.82, 2.24) is 14.7 Å². The summed E-state index contributed by atoms with van der Waals surface area (Å²) in [5, 5.41) is 4.10. The van der Waals surface area contributed by atoms with Crippen LogP contribution in [0.5, 0.6) is 0 Å². The summed E-state index contributed by atoms with van der Waals surface area (Å²) in [6, 6.07) is 13.5. The first-order chi connectivity index (χ1) is 14.1. The molecule has 0 spiro atoms. The highest BCUT2D eigenvalue weighted by atomic mass is 35.5. The highest BCUT2D eigenvalue weighted by Crippen LogP contribution is 2.55. The van der Waals surface area contributed by atoms with E-state index in [9.17, 15) is 4.79 Å². The van der Waals surface area contributed by atoms with Crippen molar-refractivity contribution in [2.75, 3.05) is 0 Å². The summed E-state index contributed by atoms with van der Waals surface area (Å²) in [7, 11) is 0. The monoisotopic (exact) mass is 405 g/mol. The van der Waals surface area contributed by atoms with E-state index in [0.717, 1.165) is 48.1 Å². The van der Waals surface area contributed by atoms with E-state index in [0.29, 0.717) is 16.5 Å². The molecule has 4 bridgehead atoms. The van der Waals surface area contributed by atoms with Gasteiger partial charge in [-0.1, -0.05) is 29.8 Å². The smallest absolute Gasteiger partial charge is 0.272 e. The lowest BCUT2D eigenvalue weighted by molar-refractivity contribution is -0.0167. The second-order valence-electron chi connectivity index (χ2n) is 9.37. The van der Waals surface area contributed by atoms with Gasteiger partial charge in [-0.2, -0.15) is 0 Å². The van der Waals surface area contributed by atoms with E-state index in [1.807, 2.05) is 53.1 Å². The molecule has 5 heteroatoms. The lowest BCUT2D eigenvalue weighted by atomic mass is 9.53. The van der Waals surface area contributed by atoms with Gasteiger partial charge < -0.3 is 5.32 Å². The number of hydrogen-bond donors (Lipinski definition) is 1. The second kappa shape index (κ2) is 6.33. The number of carbonyl (C=O) groups excluding carboxylic acids is 1. The van der Waals surface area contributed by atoms with Crippen molar-refractivity contribution in [3.05, 3.63) is 59.4 Å². The van der Waals surface area contributed by atoms with Crippen molar-refractivity contribution in [1.29, 1.82) is 0 Å². The Labute approximate surface area is 175 Å². The van der Waals surface area contributed by atoms with Gasteiger partial charge in [0, 0.05) is 17.3 Å². The zero-order valence-electron chi connectivity index (χ0n) is 16.3. The molecule has 2 aromatic heterocycles. The largest absolute Gasteiger partial charge is 0.345 e. The predicted molar refractivity (Wildman–Crippen MR) is 114 cm³/mol. The Balaban J connectivity index is 1.39. The van der Waals surface area contributed by atoms with Gasteiger partial charge in [-0.25, -0.2) is 4.98 Å². The number of benzene rings is 1. The van der Waals surface area contributed by atoms with Crippen LogP contribution in [0.25, 0.3) is 16.9 Å². The molecule has 1 aromatic carbocycles. The zero-order valence-corrected chi connectivity index (χ0v) is 17.0. The summed E-state index contributed by atoms with van der Waals surface area (Å²) in [6.07, 6.45) is 9.43. The van der Waals surface area contributed by atoms with Gasteiger partial charge in [0.1, 0.15) is 5.82 Å². The van der Waals surface area contributed by atoms with E-state index in [4.69, 9.17) is 16.6 Å². The molecule has 2 heterocycles. The average molecular weight is 406 g/mol. The molecule has 4 aliphatic carbocycles. The number of imidazole rings is 1. The third-order valence-corrected chi connectivity index (χ3v) is 7.62. The van der Waals surface area contributed by atoms with E-state index < -0.39 is 0 Å².